The van der Waals surface area contributed by atoms with Crippen LogP contribution in [0.5, 0.6) is 0 Å². The first-order valence-electron chi connectivity index (χ1n) is 10.4. The van der Waals surface area contributed by atoms with E-state index in [1.807, 2.05) is 4.90 Å². The van der Waals surface area contributed by atoms with Crippen LogP contribution in [0.15, 0.2) is 24.4 Å². The predicted molar refractivity (Wildman–Crippen MR) is 113 cm³/mol. The number of carbonyl (C=O) groups is 2. The molecule has 6 nitrogen and oxygen atoms in total. The van der Waals surface area contributed by atoms with Gasteiger partial charge < -0.3 is 4.90 Å². The Labute approximate surface area is 188 Å². The predicted octanol–water partition coefficient (Wildman–Crippen LogP) is 4.63. The molecular formula is C22H24ClF3N4O2. The van der Waals surface area contributed by atoms with Crippen LogP contribution in [-0.2, 0) is 12.7 Å². The van der Waals surface area contributed by atoms with Crippen LogP contribution in [0.1, 0.15) is 46.9 Å². The summed E-state index contributed by atoms with van der Waals surface area (Å²) in [5.41, 5.74) is 0.498. The molecule has 0 radical (unpaired) electrons. The number of Topliss-reactive ketones (excluding diaryl/α,β-unsaturated/α-hetero) is 1. The summed E-state index contributed by atoms with van der Waals surface area (Å²) in [5.74, 6) is -0.186. The fraction of sp³-hybridized carbons (Fsp3) is 0.500. The second kappa shape index (κ2) is 8.19. The van der Waals surface area contributed by atoms with Crippen LogP contribution >= 0.6 is 11.6 Å². The number of likely N-dealkylation sites (tertiary alicyclic amines) is 2. The largest absolute Gasteiger partial charge is 0.416 e. The van der Waals surface area contributed by atoms with E-state index in [-0.39, 0.29) is 34.4 Å². The van der Waals surface area contributed by atoms with E-state index in [4.69, 9.17) is 11.6 Å². The highest BCUT2D eigenvalue weighted by atomic mass is 35.5. The third-order valence-corrected chi connectivity index (χ3v) is 6.64. The molecule has 2 saturated heterocycles. The molecule has 3 heterocycles. The maximum absolute atomic E-state index is 13.3. The first kappa shape index (κ1) is 22.8. The molecule has 4 rings (SSSR count). The van der Waals surface area contributed by atoms with Gasteiger partial charge in [0.25, 0.3) is 0 Å². The van der Waals surface area contributed by atoms with E-state index in [1.54, 1.807) is 18.0 Å². The van der Waals surface area contributed by atoms with Crippen LogP contribution < -0.4 is 0 Å². The third kappa shape index (κ3) is 4.41. The van der Waals surface area contributed by atoms with Crippen molar-refractivity contribution in [2.45, 2.75) is 39.4 Å². The number of piperidine rings is 1. The molecule has 10 heteroatoms. The summed E-state index contributed by atoms with van der Waals surface area (Å²) in [6.45, 7) is 5.82. The SMILES string of the molecule is CC(=O)c1nn(C(=O)N2CCC3(CC2)CN(Cc2cc(Cl)ccc2C(F)(F)F)C3)cc1C. The van der Waals surface area contributed by atoms with Gasteiger partial charge in [0.2, 0.25) is 0 Å². The molecule has 1 aromatic heterocycles. The van der Waals surface area contributed by atoms with Gasteiger partial charge in [0, 0.05) is 50.9 Å². The molecule has 0 bridgehead atoms. The highest BCUT2D eigenvalue weighted by Gasteiger charge is 2.46. The lowest BCUT2D eigenvalue weighted by molar-refractivity contribution is -0.139. The normalized spacial score (nSPS) is 18.6. The summed E-state index contributed by atoms with van der Waals surface area (Å²) in [6, 6.07) is 3.42. The molecule has 2 fully saturated rings. The van der Waals surface area contributed by atoms with E-state index < -0.39 is 11.7 Å². The van der Waals surface area contributed by atoms with E-state index in [9.17, 15) is 22.8 Å². The summed E-state index contributed by atoms with van der Waals surface area (Å²) in [7, 11) is 0. The van der Waals surface area contributed by atoms with Gasteiger partial charge in [0.15, 0.2) is 5.78 Å². The van der Waals surface area contributed by atoms with Gasteiger partial charge in [0.05, 0.1) is 5.56 Å². The lowest BCUT2D eigenvalue weighted by Crippen LogP contribution is -2.60. The Hall–Kier alpha value is -2.39. The number of rotatable bonds is 3. The standard InChI is InChI=1S/C22H24ClF3N4O2/c1-14-10-30(27-19(14)15(2)31)20(32)29-7-5-21(6-8-29)12-28(13-21)11-16-9-17(23)3-4-18(16)22(24,25)26/h3-4,9-10H,5-8,11-13H2,1-2H3. The van der Waals surface area contributed by atoms with Crippen LogP contribution in [0.25, 0.3) is 0 Å². The lowest BCUT2D eigenvalue weighted by Gasteiger charge is -2.54. The second-order valence-corrected chi connectivity index (χ2v) is 9.31. The molecule has 0 atom stereocenters. The van der Waals surface area contributed by atoms with Crippen molar-refractivity contribution in [1.82, 2.24) is 19.6 Å². The van der Waals surface area contributed by atoms with Gasteiger partial charge in [-0.15, -0.1) is 0 Å². The van der Waals surface area contributed by atoms with Crippen molar-refractivity contribution in [1.29, 1.82) is 0 Å². The molecule has 172 valence electrons. The number of aromatic nitrogens is 2. The van der Waals surface area contributed by atoms with E-state index in [0.29, 0.717) is 37.4 Å². The van der Waals surface area contributed by atoms with E-state index in [0.717, 1.165) is 18.9 Å². The minimum Gasteiger partial charge on any atom is -0.323 e. The molecular weight excluding hydrogens is 445 g/mol. The van der Waals surface area contributed by atoms with Gasteiger partial charge in [-0.05, 0) is 54.5 Å². The van der Waals surface area contributed by atoms with E-state index in [2.05, 4.69) is 5.10 Å². The van der Waals surface area contributed by atoms with Crippen molar-refractivity contribution in [2.75, 3.05) is 26.2 Å². The Morgan fingerprint density at radius 2 is 1.84 bits per heavy atom. The Balaban J connectivity index is 1.35. The number of alkyl halides is 3. The van der Waals surface area contributed by atoms with Crippen molar-refractivity contribution in [2.24, 2.45) is 5.41 Å². The summed E-state index contributed by atoms with van der Waals surface area (Å²) in [4.78, 5) is 28.1. The molecule has 1 aromatic carbocycles. The van der Waals surface area contributed by atoms with Crippen LogP contribution in [-0.4, -0.2) is 57.6 Å². The monoisotopic (exact) mass is 468 g/mol. The molecule has 0 unspecified atom stereocenters. The molecule has 2 aliphatic heterocycles. The Bertz CT molecular complexity index is 1050. The topological polar surface area (TPSA) is 58.4 Å². The third-order valence-electron chi connectivity index (χ3n) is 6.41. The quantitative estimate of drug-likeness (QED) is 0.616. The van der Waals surface area contributed by atoms with E-state index in [1.165, 1.54) is 23.7 Å². The molecule has 2 aromatic rings. The smallest absolute Gasteiger partial charge is 0.323 e. The Morgan fingerprint density at radius 3 is 2.41 bits per heavy atom. The summed E-state index contributed by atoms with van der Waals surface area (Å²) in [6.07, 6.45) is -1.30. The Kier molecular flexibility index (Phi) is 5.83. The highest BCUT2D eigenvalue weighted by molar-refractivity contribution is 6.30. The second-order valence-electron chi connectivity index (χ2n) is 8.88. The summed E-state index contributed by atoms with van der Waals surface area (Å²) < 4.78 is 41.1. The van der Waals surface area contributed by atoms with Gasteiger partial charge in [-0.25, -0.2) is 4.79 Å². The first-order valence-corrected chi connectivity index (χ1v) is 10.8. The molecule has 0 N–H and O–H groups in total. The summed E-state index contributed by atoms with van der Waals surface area (Å²) in [5, 5.41) is 4.40. The van der Waals surface area contributed by atoms with Crippen molar-refractivity contribution < 1.29 is 22.8 Å². The molecule has 0 saturated carbocycles. The van der Waals surface area contributed by atoms with Crippen molar-refractivity contribution in [3.05, 3.63) is 51.8 Å². The Morgan fingerprint density at radius 1 is 1.19 bits per heavy atom. The minimum atomic E-state index is -4.42. The number of aryl methyl sites for hydroxylation is 1. The number of benzene rings is 1. The first-order chi connectivity index (χ1) is 15.0. The molecule has 2 aliphatic rings. The molecule has 1 spiro atoms. The van der Waals surface area contributed by atoms with Crippen LogP contribution in [0, 0.1) is 12.3 Å². The van der Waals surface area contributed by atoms with Crippen molar-refractivity contribution in [3.8, 4) is 0 Å². The molecule has 32 heavy (non-hydrogen) atoms. The number of hydrogen-bond acceptors (Lipinski definition) is 4. The van der Waals surface area contributed by atoms with Crippen molar-refractivity contribution in [3.63, 3.8) is 0 Å². The fourth-order valence-corrected chi connectivity index (χ4v) is 4.96. The van der Waals surface area contributed by atoms with Crippen LogP contribution in [0.4, 0.5) is 18.0 Å². The number of hydrogen-bond donors (Lipinski definition) is 0. The average molecular weight is 469 g/mol. The maximum atomic E-state index is 13.3. The van der Waals surface area contributed by atoms with Crippen molar-refractivity contribution >= 4 is 23.4 Å². The zero-order chi connectivity index (χ0) is 23.3. The fourth-order valence-electron chi connectivity index (χ4n) is 4.76. The number of amides is 1. The number of carbonyl (C=O) groups excluding carboxylic acids is 2. The molecule has 0 aliphatic carbocycles. The zero-order valence-corrected chi connectivity index (χ0v) is 18.6. The van der Waals surface area contributed by atoms with Gasteiger partial charge in [-0.3, -0.25) is 9.69 Å². The van der Waals surface area contributed by atoms with Gasteiger partial charge in [-0.1, -0.05) is 11.6 Å². The summed E-state index contributed by atoms with van der Waals surface area (Å²) >= 11 is 5.93. The average Bonchev–Trinajstić information content (AvgIpc) is 3.08. The van der Waals surface area contributed by atoms with Crippen LogP contribution in [0.2, 0.25) is 5.02 Å². The number of nitrogens with zero attached hydrogens (tertiary/aromatic N) is 4. The molecule has 1 amide bonds. The van der Waals surface area contributed by atoms with Gasteiger partial charge >= 0.3 is 12.2 Å². The highest BCUT2D eigenvalue weighted by Crippen LogP contribution is 2.42. The van der Waals surface area contributed by atoms with Gasteiger partial charge in [-0.2, -0.15) is 23.0 Å². The van der Waals surface area contributed by atoms with E-state index >= 15 is 0 Å². The number of ketones is 1. The maximum Gasteiger partial charge on any atom is 0.416 e. The number of halogens is 4. The van der Waals surface area contributed by atoms with Gasteiger partial charge in [0.1, 0.15) is 5.69 Å². The van der Waals surface area contributed by atoms with Crippen LogP contribution in [0.3, 0.4) is 0 Å². The zero-order valence-electron chi connectivity index (χ0n) is 17.9. The lowest BCUT2D eigenvalue weighted by atomic mass is 9.72. The minimum absolute atomic E-state index is 0.0122.